The van der Waals surface area contributed by atoms with Gasteiger partial charge in [-0.1, -0.05) is 49.1 Å². The van der Waals surface area contributed by atoms with Gasteiger partial charge in [-0.25, -0.2) is 0 Å². The first-order chi connectivity index (χ1) is 17.5. The number of nitrogens with one attached hydrogen (secondary N) is 2. The van der Waals surface area contributed by atoms with Gasteiger partial charge in [0.2, 0.25) is 0 Å². The zero-order chi connectivity index (χ0) is 25.0. The van der Waals surface area contributed by atoms with Gasteiger partial charge in [0.1, 0.15) is 0 Å². The molecule has 2 aliphatic heterocycles. The lowest BCUT2D eigenvalue weighted by Crippen LogP contribution is -2.43. The Kier molecular flexibility index (Phi) is 7.58. The van der Waals surface area contributed by atoms with Gasteiger partial charge >= 0.3 is 11.9 Å². The average molecular weight is 510 g/mol. The first-order valence-corrected chi connectivity index (χ1v) is 13.2. The molecule has 1 saturated heterocycles. The first-order valence-electron chi connectivity index (χ1n) is 12.9. The predicted octanol–water partition coefficient (Wildman–Crippen LogP) is 5.12. The number of fused-ring (bicyclic) bond motifs is 2. The van der Waals surface area contributed by atoms with Crippen LogP contribution >= 0.6 is 11.6 Å². The summed E-state index contributed by atoms with van der Waals surface area (Å²) in [5.41, 5.74) is 4.21. The molecule has 3 heterocycles. The topological polar surface area (TPSA) is 89.6 Å². The molecule has 8 heteroatoms. The number of halogens is 1. The number of ether oxygens (including phenoxy) is 2. The van der Waals surface area contributed by atoms with Gasteiger partial charge in [-0.05, 0) is 61.1 Å². The van der Waals surface area contributed by atoms with Crippen LogP contribution in [-0.4, -0.2) is 30.0 Å². The number of carbonyl (C=O) groups is 2. The number of allylic oxidation sites excluding steroid dienone is 1. The van der Waals surface area contributed by atoms with Gasteiger partial charge < -0.3 is 20.1 Å². The van der Waals surface area contributed by atoms with Crippen LogP contribution < -0.4 is 10.6 Å². The van der Waals surface area contributed by atoms with E-state index in [9.17, 15) is 9.59 Å². The highest BCUT2D eigenvalue weighted by atomic mass is 35.5. The lowest BCUT2D eigenvalue weighted by atomic mass is 9.89. The van der Waals surface area contributed by atoms with E-state index >= 15 is 0 Å². The number of carbonyl (C=O) groups excluding carboxylic acids is 2. The summed E-state index contributed by atoms with van der Waals surface area (Å²) in [5.74, 6) is -1.73. The summed E-state index contributed by atoms with van der Waals surface area (Å²) in [7, 11) is 0. The lowest BCUT2D eigenvalue weighted by Gasteiger charge is -2.32. The maximum Gasteiger partial charge on any atom is 0.309 e. The molecule has 1 aromatic carbocycles. The largest absolute Gasteiger partial charge is 0.416 e. The number of rotatable bonds is 5. The van der Waals surface area contributed by atoms with Crippen molar-refractivity contribution in [3.8, 4) is 0 Å². The van der Waals surface area contributed by atoms with E-state index in [-0.39, 0.29) is 19.4 Å². The second-order valence-corrected chi connectivity index (χ2v) is 10.2. The fourth-order valence-electron chi connectivity index (χ4n) is 5.26. The van der Waals surface area contributed by atoms with Gasteiger partial charge in [-0.15, -0.1) is 0 Å². The van der Waals surface area contributed by atoms with Crippen molar-refractivity contribution in [1.82, 2.24) is 10.3 Å². The number of benzene rings is 1. The highest BCUT2D eigenvalue weighted by Crippen LogP contribution is 2.40. The molecule has 0 bridgehead atoms. The van der Waals surface area contributed by atoms with Crippen LogP contribution in [0.2, 0.25) is 5.02 Å². The van der Waals surface area contributed by atoms with Crippen molar-refractivity contribution < 1.29 is 19.1 Å². The SMILES string of the molecule is O=C1CCC(=O)OC2(CNCCc3c2ccc(Cl)c3NCc2ccc(/C=C/C3CCCCC3)cn2)O1. The number of nitrogens with zero attached hydrogens (tertiary/aromatic N) is 1. The minimum absolute atomic E-state index is 0.00607. The number of anilines is 1. The van der Waals surface area contributed by atoms with Crippen molar-refractivity contribution in [3.63, 3.8) is 0 Å². The lowest BCUT2D eigenvalue weighted by molar-refractivity contribution is -0.225. The Balaban J connectivity index is 1.34. The van der Waals surface area contributed by atoms with Crippen LogP contribution in [0.15, 0.2) is 36.5 Å². The summed E-state index contributed by atoms with van der Waals surface area (Å²) in [4.78, 5) is 29.3. The Labute approximate surface area is 216 Å². The Bertz CT molecular complexity index is 1120. The van der Waals surface area contributed by atoms with Crippen LogP contribution in [0, 0.1) is 5.92 Å². The molecular formula is C28H32ClN3O4. The van der Waals surface area contributed by atoms with Crippen LogP contribution in [0.3, 0.4) is 0 Å². The summed E-state index contributed by atoms with van der Waals surface area (Å²) in [6, 6.07) is 7.63. The molecule has 2 fully saturated rings. The first kappa shape index (κ1) is 24.8. The van der Waals surface area contributed by atoms with Crippen LogP contribution in [-0.2, 0) is 37.8 Å². The van der Waals surface area contributed by atoms with Crippen molar-refractivity contribution in [1.29, 1.82) is 0 Å². The molecule has 5 rings (SSSR count). The van der Waals surface area contributed by atoms with Gasteiger partial charge in [-0.2, -0.15) is 0 Å². The number of aromatic nitrogens is 1. The summed E-state index contributed by atoms with van der Waals surface area (Å²) in [6.45, 7) is 1.29. The van der Waals surface area contributed by atoms with Crippen molar-refractivity contribution >= 4 is 35.3 Å². The Morgan fingerprint density at radius 3 is 2.56 bits per heavy atom. The predicted molar refractivity (Wildman–Crippen MR) is 138 cm³/mol. The Morgan fingerprint density at radius 1 is 1.06 bits per heavy atom. The number of pyridine rings is 1. The van der Waals surface area contributed by atoms with Crippen LogP contribution in [0.1, 0.15) is 67.3 Å². The molecule has 0 unspecified atom stereocenters. The van der Waals surface area contributed by atoms with Gasteiger partial charge in [0.25, 0.3) is 5.79 Å². The molecule has 1 saturated carbocycles. The van der Waals surface area contributed by atoms with Crippen molar-refractivity contribution in [3.05, 3.63) is 63.9 Å². The third-order valence-electron chi connectivity index (χ3n) is 7.18. The van der Waals surface area contributed by atoms with Gasteiger partial charge in [0.05, 0.1) is 42.3 Å². The zero-order valence-corrected chi connectivity index (χ0v) is 21.1. The fourth-order valence-corrected chi connectivity index (χ4v) is 5.50. The van der Waals surface area contributed by atoms with Gasteiger partial charge in [0.15, 0.2) is 0 Å². The van der Waals surface area contributed by atoms with Crippen LogP contribution in [0.4, 0.5) is 5.69 Å². The molecule has 1 spiro atoms. The summed E-state index contributed by atoms with van der Waals surface area (Å²) in [5, 5.41) is 7.21. The third kappa shape index (κ3) is 5.57. The van der Waals surface area contributed by atoms with Crippen molar-refractivity contribution in [2.45, 2.75) is 63.7 Å². The normalized spacial score (nSPS) is 20.4. The Hall–Kier alpha value is -2.90. The molecule has 7 nitrogen and oxygen atoms in total. The van der Waals surface area contributed by atoms with E-state index in [4.69, 9.17) is 21.1 Å². The van der Waals surface area contributed by atoms with E-state index in [2.05, 4.69) is 33.8 Å². The molecule has 2 N–H and O–H groups in total. The monoisotopic (exact) mass is 509 g/mol. The van der Waals surface area contributed by atoms with Gasteiger partial charge in [0, 0.05) is 11.8 Å². The molecule has 0 atom stereocenters. The zero-order valence-electron chi connectivity index (χ0n) is 20.4. The van der Waals surface area contributed by atoms with Crippen LogP contribution in [0.5, 0.6) is 0 Å². The molecule has 3 aliphatic rings. The number of esters is 2. The van der Waals surface area contributed by atoms with Crippen molar-refractivity contribution in [2.24, 2.45) is 5.92 Å². The van der Waals surface area contributed by atoms with Crippen LogP contribution in [0.25, 0.3) is 6.08 Å². The number of hydrogen-bond donors (Lipinski definition) is 2. The fraction of sp³-hybridized carbons (Fsp3) is 0.464. The second kappa shape index (κ2) is 11.0. The molecule has 2 aromatic rings. The molecule has 0 radical (unpaired) electrons. The minimum atomic E-state index is -1.50. The van der Waals surface area contributed by atoms with Gasteiger partial charge in [-0.3, -0.25) is 14.6 Å². The van der Waals surface area contributed by atoms with E-state index in [1.54, 1.807) is 12.1 Å². The van der Waals surface area contributed by atoms with Crippen molar-refractivity contribution in [2.75, 3.05) is 18.4 Å². The standard InChI is InChI=1S/C28H32ClN3O4/c29-24-11-10-23-22(14-15-30-18-28(23)35-25(33)12-13-26(34)36-28)27(24)32-17-21-9-8-20(16-31-21)7-6-19-4-2-1-3-5-19/h6-11,16,19,30,32H,1-5,12-15,17-18H2/b7-6+. The Morgan fingerprint density at radius 2 is 1.83 bits per heavy atom. The highest BCUT2D eigenvalue weighted by Gasteiger charge is 2.46. The van der Waals surface area contributed by atoms with E-state index in [0.29, 0.717) is 36.0 Å². The van der Waals surface area contributed by atoms with E-state index in [0.717, 1.165) is 22.5 Å². The molecule has 1 aromatic heterocycles. The summed E-state index contributed by atoms with van der Waals surface area (Å²) < 4.78 is 11.4. The quantitative estimate of drug-likeness (QED) is 0.541. The smallest absolute Gasteiger partial charge is 0.309 e. The third-order valence-corrected chi connectivity index (χ3v) is 7.49. The van der Waals surface area contributed by atoms with E-state index < -0.39 is 17.7 Å². The molecule has 190 valence electrons. The average Bonchev–Trinajstić information content (AvgIpc) is 3.15. The minimum Gasteiger partial charge on any atom is -0.416 e. The molecule has 1 aliphatic carbocycles. The summed E-state index contributed by atoms with van der Waals surface area (Å²) in [6.07, 6.45) is 13.6. The number of hydrogen-bond acceptors (Lipinski definition) is 7. The molecule has 36 heavy (non-hydrogen) atoms. The van der Waals surface area contributed by atoms with E-state index in [1.165, 1.54) is 32.1 Å². The maximum atomic E-state index is 12.3. The second-order valence-electron chi connectivity index (χ2n) is 9.77. The maximum absolute atomic E-state index is 12.3. The highest BCUT2D eigenvalue weighted by molar-refractivity contribution is 6.33. The molecular weight excluding hydrogens is 478 g/mol. The molecule has 0 amide bonds. The van der Waals surface area contributed by atoms with E-state index in [1.807, 2.05) is 12.3 Å². The summed E-state index contributed by atoms with van der Waals surface area (Å²) >= 11 is 6.61.